The van der Waals surface area contributed by atoms with E-state index in [2.05, 4.69) is 5.32 Å². The van der Waals surface area contributed by atoms with E-state index in [0.717, 1.165) is 22.5 Å². The number of anilines is 2. The van der Waals surface area contributed by atoms with Crippen LogP contribution in [0.1, 0.15) is 31.4 Å². The Kier molecular flexibility index (Phi) is 3.93. The van der Waals surface area contributed by atoms with Gasteiger partial charge in [0, 0.05) is 17.8 Å². The predicted octanol–water partition coefficient (Wildman–Crippen LogP) is 2.87. The van der Waals surface area contributed by atoms with Crippen molar-refractivity contribution in [3.8, 4) is 0 Å². The van der Waals surface area contributed by atoms with Gasteiger partial charge >= 0.3 is 0 Å². The molecular weight excluding hydrogens is 200 g/mol. The quantitative estimate of drug-likeness (QED) is 0.769. The van der Waals surface area contributed by atoms with E-state index in [1.54, 1.807) is 0 Å². The van der Waals surface area contributed by atoms with E-state index in [1.165, 1.54) is 0 Å². The Morgan fingerprint density at radius 3 is 2.50 bits per heavy atom. The molecule has 0 saturated carbocycles. The Morgan fingerprint density at radius 2 is 1.94 bits per heavy atom. The molecule has 0 aliphatic heterocycles. The van der Waals surface area contributed by atoms with Crippen molar-refractivity contribution in [1.82, 2.24) is 0 Å². The lowest BCUT2D eigenvalue weighted by Gasteiger charge is -2.12. The van der Waals surface area contributed by atoms with E-state index in [4.69, 9.17) is 5.73 Å². The van der Waals surface area contributed by atoms with Crippen molar-refractivity contribution in [3.63, 3.8) is 0 Å². The van der Waals surface area contributed by atoms with Gasteiger partial charge in [0.05, 0.1) is 0 Å². The number of carbonyl (C=O) groups is 1. The van der Waals surface area contributed by atoms with E-state index in [0.29, 0.717) is 12.3 Å². The minimum absolute atomic E-state index is 0.0577. The van der Waals surface area contributed by atoms with Crippen molar-refractivity contribution < 1.29 is 4.79 Å². The maximum Gasteiger partial charge on any atom is 0.224 e. The van der Waals surface area contributed by atoms with Crippen molar-refractivity contribution in [2.45, 2.75) is 34.1 Å². The van der Waals surface area contributed by atoms with Crippen LogP contribution in [0.2, 0.25) is 0 Å². The van der Waals surface area contributed by atoms with Crippen LogP contribution >= 0.6 is 0 Å². The molecule has 0 heterocycles. The second-order valence-electron chi connectivity index (χ2n) is 4.67. The van der Waals surface area contributed by atoms with Gasteiger partial charge in [-0.25, -0.2) is 0 Å². The van der Waals surface area contributed by atoms with E-state index in [9.17, 15) is 4.79 Å². The zero-order valence-corrected chi connectivity index (χ0v) is 10.4. The Morgan fingerprint density at radius 1 is 1.31 bits per heavy atom. The van der Waals surface area contributed by atoms with Crippen molar-refractivity contribution >= 4 is 17.3 Å². The number of nitrogen functional groups attached to an aromatic ring is 1. The second kappa shape index (κ2) is 5.01. The topological polar surface area (TPSA) is 55.1 Å². The highest BCUT2D eigenvalue weighted by Gasteiger charge is 2.08. The third-order valence-electron chi connectivity index (χ3n) is 2.48. The largest absolute Gasteiger partial charge is 0.399 e. The van der Waals surface area contributed by atoms with Gasteiger partial charge in [-0.1, -0.05) is 13.8 Å². The van der Waals surface area contributed by atoms with Gasteiger partial charge in [-0.2, -0.15) is 0 Å². The molecule has 1 aromatic carbocycles. The SMILES string of the molecule is Cc1cc(NC(=O)CC(C)C)c(C)cc1N. The molecule has 0 aromatic heterocycles. The third kappa shape index (κ3) is 3.26. The minimum Gasteiger partial charge on any atom is -0.399 e. The van der Waals surface area contributed by atoms with Gasteiger partial charge in [0.2, 0.25) is 5.91 Å². The number of benzene rings is 1. The summed E-state index contributed by atoms with van der Waals surface area (Å²) in [5.41, 5.74) is 9.40. The first-order valence-electron chi connectivity index (χ1n) is 5.56. The highest BCUT2D eigenvalue weighted by molar-refractivity contribution is 5.92. The van der Waals surface area contributed by atoms with Crippen LogP contribution in [0.4, 0.5) is 11.4 Å². The number of amides is 1. The molecule has 0 bridgehead atoms. The van der Waals surface area contributed by atoms with Crippen molar-refractivity contribution in [1.29, 1.82) is 0 Å². The van der Waals surface area contributed by atoms with Crippen LogP contribution in [-0.4, -0.2) is 5.91 Å². The Hall–Kier alpha value is -1.51. The fourth-order valence-electron chi connectivity index (χ4n) is 1.55. The molecule has 1 aromatic rings. The van der Waals surface area contributed by atoms with Gasteiger partial charge in [-0.15, -0.1) is 0 Å². The maximum absolute atomic E-state index is 11.6. The predicted molar refractivity (Wildman–Crippen MR) is 68.4 cm³/mol. The molecule has 88 valence electrons. The molecule has 3 heteroatoms. The molecule has 0 aliphatic carbocycles. The first-order valence-corrected chi connectivity index (χ1v) is 5.56. The number of rotatable bonds is 3. The highest BCUT2D eigenvalue weighted by atomic mass is 16.1. The Balaban J connectivity index is 2.81. The summed E-state index contributed by atoms with van der Waals surface area (Å²) in [5.74, 6) is 0.428. The molecule has 0 spiro atoms. The summed E-state index contributed by atoms with van der Waals surface area (Å²) in [7, 11) is 0. The fourth-order valence-corrected chi connectivity index (χ4v) is 1.55. The summed E-state index contributed by atoms with van der Waals surface area (Å²) in [6.07, 6.45) is 0.545. The average molecular weight is 220 g/mol. The molecule has 0 saturated heterocycles. The summed E-state index contributed by atoms with van der Waals surface area (Å²) < 4.78 is 0. The smallest absolute Gasteiger partial charge is 0.224 e. The first-order chi connectivity index (χ1) is 7.40. The molecule has 3 nitrogen and oxygen atoms in total. The summed E-state index contributed by atoms with van der Waals surface area (Å²) in [5, 5.41) is 2.92. The minimum atomic E-state index is 0.0577. The van der Waals surface area contributed by atoms with Crippen LogP contribution in [0.25, 0.3) is 0 Å². The summed E-state index contributed by atoms with van der Waals surface area (Å²) >= 11 is 0. The van der Waals surface area contributed by atoms with Crippen LogP contribution in [0.3, 0.4) is 0 Å². The Labute approximate surface area is 97.0 Å². The number of nitrogens with one attached hydrogen (secondary N) is 1. The molecule has 1 rings (SSSR count). The molecule has 3 N–H and O–H groups in total. The average Bonchev–Trinajstić information content (AvgIpc) is 2.12. The number of carbonyl (C=O) groups excluding carboxylic acids is 1. The van der Waals surface area contributed by atoms with Crippen LogP contribution in [0.5, 0.6) is 0 Å². The zero-order valence-electron chi connectivity index (χ0n) is 10.4. The third-order valence-corrected chi connectivity index (χ3v) is 2.48. The van der Waals surface area contributed by atoms with Crippen molar-refractivity contribution in [2.75, 3.05) is 11.1 Å². The lowest BCUT2D eigenvalue weighted by atomic mass is 10.1. The summed E-state index contributed by atoms with van der Waals surface area (Å²) in [6.45, 7) is 7.94. The molecule has 0 unspecified atom stereocenters. The molecular formula is C13H20N2O. The standard InChI is InChI=1S/C13H20N2O/c1-8(2)5-13(16)15-12-7-9(3)11(14)6-10(12)4/h6-8H,5,14H2,1-4H3,(H,15,16). The van der Waals surface area contributed by atoms with Crippen LogP contribution in [0, 0.1) is 19.8 Å². The number of nitrogens with two attached hydrogens (primary N) is 1. The molecule has 16 heavy (non-hydrogen) atoms. The van der Waals surface area contributed by atoms with Gasteiger partial charge in [0.1, 0.15) is 0 Å². The highest BCUT2D eigenvalue weighted by Crippen LogP contribution is 2.22. The zero-order chi connectivity index (χ0) is 12.3. The summed E-state index contributed by atoms with van der Waals surface area (Å²) in [4.78, 5) is 11.6. The summed E-state index contributed by atoms with van der Waals surface area (Å²) in [6, 6.07) is 3.81. The van der Waals surface area contributed by atoms with Crippen LogP contribution in [0.15, 0.2) is 12.1 Å². The van der Waals surface area contributed by atoms with Gasteiger partial charge < -0.3 is 11.1 Å². The van der Waals surface area contributed by atoms with E-state index in [1.807, 2.05) is 39.8 Å². The second-order valence-corrected chi connectivity index (χ2v) is 4.67. The first kappa shape index (κ1) is 12.6. The lowest BCUT2D eigenvalue weighted by Crippen LogP contribution is -2.14. The molecule has 1 amide bonds. The monoisotopic (exact) mass is 220 g/mol. The van der Waals surface area contributed by atoms with Gasteiger partial charge in [0.25, 0.3) is 0 Å². The van der Waals surface area contributed by atoms with Crippen molar-refractivity contribution in [2.24, 2.45) is 5.92 Å². The van der Waals surface area contributed by atoms with E-state index < -0.39 is 0 Å². The maximum atomic E-state index is 11.6. The number of hydrogen-bond acceptors (Lipinski definition) is 2. The fraction of sp³-hybridized carbons (Fsp3) is 0.462. The normalized spacial score (nSPS) is 10.6. The molecule has 0 fully saturated rings. The van der Waals surface area contributed by atoms with E-state index in [-0.39, 0.29) is 5.91 Å². The van der Waals surface area contributed by atoms with E-state index >= 15 is 0 Å². The lowest BCUT2D eigenvalue weighted by molar-refractivity contribution is -0.116. The molecule has 0 radical (unpaired) electrons. The van der Waals surface area contributed by atoms with Crippen LogP contribution < -0.4 is 11.1 Å². The number of aryl methyl sites for hydroxylation is 2. The number of hydrogen-bond donors (Lipinski definition) is 2. The van der Waals surface area contributed by atoms with Gasteiger partial charge in [0.15, 0.2) is 0 Å². The van der Waals surface area contributed by atoms with Crippen LogP contribution in [-0.2, 0) is 4.79 Å². The van der Waals surface area contributed by atoms with Crippen molar-refractivity contribution in [3.05, 3.63) is 23.3 Å². The molecule has 0 aliphatic rings. The Bertz CT molecular complexity index is 397. The van der Waals surface area contributed by atoms with Gasteiger partial charge in [-0.3, -0.25) is 4.79 Å². The van der Waals surface area contributed by atoms with Gasteiger partial charge in [-0.05, 0) is 43.0 Å². The molecule has 0 atom stereocenters.